The average Bonchev–Trinajstić information content (AvgIpc) is 3.14. The highest BCUT2D eigenvalue weighted by molar-refractivity contribution is 8.00. The highest BCUT2D eigenvalue weighted by Crippen LogP contribution is 2.26. The number of aryl methyl sites for hydroxylation is 1. The average molecular weight is 343 g/mol. The van der Waals surface area contributed by atoms with E-state index in [1.165, 1.54) is 11.8 Å². The normalized spacial score (nSPS) is 12.1. The Kier molecular flexibility index (Phi) is 4.66. The first-order chi connectivity index (χ1) is 11.5. The molecule has 2 heterocycles. The maximum atomic E-state index is 12.2. The maximum Gasteiger partial charge on any atom is 0.240 e. The molecule has 0 bridgehead atoms. The predicted molar refractivity (Wildman–Crippen MR) is 91.6 cm³/mol. The molecule has 0 fully saturated rings. The second kappa shape index (κ2) is 6.88. The lowest BCUT2D eigenvalue weighted by atomic mass is 10.2. The van der Waals surface area contributed by atoms with Crippen LogP contribution in [-0.4, -0.2) is 31.1 Å². The second-order valence-electron chi connectivity index (χ2n) is 5.31. The quantitative estimate of drug-likeness (QED) is 0.717. The molecule has 1 atom stereocenters. The molecule has 2 aromatic heterocycles. The van der Waals surface area contributed by atoms with Gasteiger partial charge >= 0.3 is 0 Å². The maximum absolute atomic E-state index is 12.2. The molecule has 1 aromatic carbocycles. The lowest BCUT2D eigenvalue weighted by Gasteiger charge is -2.09. The van der Waals surface area contributed by atoms with Crippen molar-refractivity contribution < 1.29 is 9.32 Å². The van der Waals surface area contributed by atoms with Gasteiger partial charge in [0.2, 0.25) is 11.8 Å². The van der Waals surface area contributed by atoms with Gasteiger partial charge in [0.25, 0.3) is 0 Å². The third kappa shape index (κ3) is 3.48. The van der Waals surface area contributed by atoms with Gasteiger partial charge in [0.15, 0.2) is 11.0 Å². The molecule has 0 radical (unpaired) electrons. The van der Waals surface area contributed by atoms with Gasteiger partial charge in [-0.25, -0.2) is 0 Å². The summed E-state index contributed by atoms with van der Waals surface area (Å²) in [6, 6.07) is 11.5. The lowest BCUT2D eigenvalue weighted by molar-refractivity contribution is -0.115. The first-order valence-corrected chi connectivity index (χ1v) is 8.28. The van der Waals surface area contributed by atoms with E-state index >= 15 is 0 Å². The predicted octanol–water partition coefficient (Wildman–Crippen LogP) is 2.90. The van der Waals surface area contributed by atoms with Crippen molar-refractivity contribution in [3.05, 3.63) is 42.1 Å². The van der Waals surface area contributed by atoms with Crippen LogP contribution in [0.15, 0.2) is 46.1 Å². The van der Waals surface area contributed by atoms with Crippen LogP contribution in [0.3, 0.4) is 0 Å². The SMILES string of the molecule is Cc1cc(NC(=O)[C@H](C)Sc2nnc(-c3ccccc3)n2C)on1. The number of amides is 1. The molecular weight excluding hydrogens is 326 g/mol. The molecule has 3 aromatic rings. The Morgan fingerprint density at radius 2 is 2.04 bits per heavy atom. The number of nitrogens with one attached hydrogen (secondary N) is 1. The summed E-state index contributed by atoms with van der Waals surface area (Å²) in [7, 11) is 1.88. The van der Waals surface area contributed by atoms with Gasteiger partial charge in [0.1, 0.15) is 0 Å². The number of thioether (sulfide) groups is 1. The zero-order chi connectivity index (χ0) is 17.1. The summed E-state index contributed by atoms with van der Waals surface area (Å²) in [5.41, 5.74) is 1.69. The van der Waals surface area contributed by atoms with Crippen LogP contribution < -0.4 is 5.32 Å². The van der Waals surface area contributed by atoms with Crippen molar-refractivity contribution >= 4 is 23.6 Å². The smallest absolute Gasteiger partial charge is 0.240 e. The summed E-state index contributed by atoms with van der Waals surface area (Å²) < 4.78 is 6.87. The molecule has 0 aliphatic rings. The van der Waals surface area contributed by atoms with Crippen molar-refractivity contribution in [3.8, 4) is 11.4 Å². The third-order valence-corrected chi connectivity index (χ3v) is 4.53. The van der Waals surface area contributed by atoms with Gasteiger partial charge in [-0.1, -0.05) is 47.3 Å². The number of hydrogen-bond donors (Lipinski definition) is 1. The molecule has 7 nitrogen and oxygen atoms in total. The van der Waals surface area contributed by atoms with Crippen molar-refractivity contribution in [1.82, 2.24) is 19.9 Å². The Hall–Kier alpha value is -2.61. The molecule has 0 saturated heterocycles. The van der Waals surface area contributed by atoms with Crippen molar-refractivity contribution in [2.75, 3.05) is 5.32 Å². The highest BCUT2D eigenvalue weighted by Gasteiger charge is 2.20. The highest BCUT2D eigenvalue weighted by atomic mass is 32.2. The molecule has 0 spiro atoms. The molecule has 8 heteroatoms. The van der Waals surface area contributed by atoms with Crippen LogP contribution in [-0.2, 0) is 11.8 Å². The van der Waals surface area contributed by atoms with Crippen LogP contribution >= 0.6 is 11.8 Å². The van der Waals surface area contributed by atoms with Gasteiger partial charge in [-0.2, -0.15) is 0 Å². The van der Waals surface area contributed by atoms with E-state index in [2.05, 4.69) is 20.7 Å². The lowest BCUT2D eigenvalue weighted by Crippen LogP contribution is -2.22. The zero-order valence-electron chi connectivity index (χ0n) is 13.6. The minimum Gasteiger partial charge on any atom is -0.338 e. The number of benzene rings is 1. The van der Waals surface area contributed by atoms with Gasteiger partial charge < -0.3 is 9.09 Å². The number of carbonyl (C=O) groups is 1. The van der Waals surface area contributed by atoms with E-state index in [1.54, 1.807) is 19.9 Å². The van der Waals surface area contributed by atoms with Crippen LogP contribution in [0.1, 0.15) is 12.6 Å². The molecule has 0 saturated carbocycles. The van der Waals surface area contributed by atoms with Gasteiger partial charge in [-0.15, -0.1) is 10.2 Å². The van der Waals surface area contributed by atoms with Crippen molar-refractivity contribution in [2.24, 2.45) is 7.05 Å². The van der Waals surface area contributed by atoms with Crippen LogP contribution in [0, 0.1) is 6.92 Å². The zero-order valence-corrected chi connectivity index (χ0v) is 14.4. The van der Waals surface area contributed by atoms with Crippen molar-refractivity contribution in [1.29, 1.82) is 0 Å². The molecule has 0 aliphatic carbocycles. The number of hydrogen-bond acceptors (Lipinski definition) is 6. The first kappa shape index (κ1) is 16.3. The Labute approximate surface area is 143 Å². The van der Waals surface area contributed by atoms with Gasteiger partial charge in [0.05, 0.1) is 10.9 Å². The van der Waals surface area contributed by atoms with Crippen LogP contribution in [0.5, 0.6) is 0 Å². The molecule has 1 amide bonds. The summed E-state index contributed by atoms with van der Waals surface area (Å²) in [5, 5.41) is 15.2. The number of carbonyl (C=O) groups excluding carboxylic acids is 1. The van der Waals surface area contributed by atoms with E-state index in [4.69, 9.17) is 4.52 Å². The van der Waals surface area contributed by atoms with Gasteiger partial charge in [0, 0.05) is 18.7 Å². The molecule has 1 N–H and O–H groups in total. The van der Waals surface area contributed by atoms with E-state index in [0.717, 1.165) is 11.4 Å². The summed E-state index contributed by atoms with van der Waals surface area (Å²) in [6.45, 7) is 3.60. The van der Waals surface area contributed by atoms with E-state index in [0.29, 0.717) is 16.7 Å². The van der Waals surface area contributed by atoms with Gasteiger partial charge in [-0.05, 0) is 13.8 Å². The van der Waals surface area contributed by atoms with Crippen LogP contribution in [0.2, 0.25) is 0 Å². The van der Waals surface area contributed by atoms with Crippen LogP contribution in [0.25, 0.3) is 11.4 Å². The molecule has 0 aliphatic heterocycles. The van der Waals surface area contributed by atoms with E-state index < -0.39 is 0 Å². The fraction of sp³-hybridized carbons (Fsp3) is 0.250. The molecule has 0 unspecified atom stereocenters. The molecule has 24 heavy (non-hydrogen) atoms. The van der Waals surface area contributed by atoms with E-state index in [1.807, 2.05) is 41.9 Å². The van der Waals surface area contributed by atoms with Gasteiger partial charge in [-0.3, -0.25) is 10.1 Å². The Bertz CT molecular complexity index is 843. The summed E-state index contributed by atoms with van der Waals surface area (Å²) in [6.07, 6.45) is 0. The minimum absolute atomic E-state index is 0.180. The van der Waals surface area contributed by atoms with Crippen molar-refractivity contribution in [3.63, 3.8) is 0 Å². The largest absolute Gasteiger partial charge is 0.338 e. The summed E-state index contributed by atoms with van der Waals surface area (Å²) in [4.78, 5) is 12.2. The number of aromatic nitrogens is 4. The topological polar surface area (TPSA) is 85.8 Å². The molecule has 3 rings (SSSR count). The Balaban J connectivity index is 1.69. The Morgan fingerprint density at radius 1 is 1.29 bits per heavy atom. The fourth-order valence-corrected chi connectivity index (χ4v) is 2.93. The summed E-state index contributed by atoms with van der Waals surface area (Å²) in [5.74, 6) is 0.921. The summed E-state index contributed by atoms with van der Waals surface area (Å²) >= 11 is 1.34. The number of nitrogens with zero attached hydrogens (tertiary/aromatic N) is 4. The Morgan fingerprint density at radius 3 is 2.71 bits per heavy atom. The molecule has 124 valence electrons. The standard InChI is InChI=1S/C16H17N5O2S/c1-10-9-13(23-20-10)17-15(22)11(2)24-16-19-18-14(21(16)3)12-7-5-4-6-8-12/h4-9,11H,1-3H3,(H,17,22)/t11-/m0/s1. The minimum atomic E-state index is -0.359. The number of anilines is 1. The van der Waals surface area contributed by atoms with Crippen LogP contribution in [0.4, 0.5) is 5.88 Å². The second-order valence-corrected chi connectivity index (χ2v) is 6.62. The third-order valence-electron chi connectivity index (χ3n) is 3.39. The fourth-order valence-electron chi connectivity index (χ4n) is 2.11. The van der Waals surface area contributed by atoms with E-state index in [9.17, 15) is 4.79 Å². The number of rotatable bonds is 5. The van der Waals surface area contributed by atoms with E-state index in [-0.39, 0.29) is 11.2 Å². The molecular formula is C16H17N5O2S. The first-order valence-electron chi connectivity index (χ1n) is 7.40. The monoisotopic (exact) mass is 343 g/mol. The van der Waals surface area contributed by atoms with Crippen molar-refractivity contribution in [2.45, 2.75) is 24.3 Å².